The SMILES string of the molecule is COc1cccc(OC)c1NC(=O)Cn1c(-c2ccccc2C)nc2ccc(Cl)cc2c1=O. The molecule has 8 heteroatoms. The molecule has 3 aromatic carbocycles. The molecular formula is C25H22ClN3O4. The minimum Gasteiger partial charge on any atom is -0.494 e. The molecular weight excluding hydrogens is 442 g/mol. The predicted molar refractivity (Wildman–Crippen MR) is 129 cm³/mol. The molecule has 7 nitrogen and oxygen atoms in total. The highest BCUT2D eigenvalue weighted by molar-refractivity contribution is 6.31. The Morgan fingerprint density at radius 3 is 2.39 bits per heavy atom. The summed E-state index contributed by atoms with van der Waals surface area (Å²) >= 11 is 6.12. The van der Waals surface area contributed by atoms with Gasteiger partial charge in [0.2, 0.25) is 5.91 Å². The average Bonchev–Trinajstić information content (AvgIpc) is 2.81. The quantitative estimate of drug-likeness (QED) is 0.449. The molecule has 1 N–H and O–H groups in total. The molecule has 0 aliphatic rings. The van der Waals surface area contributed by atoms with Crippen LogP contribution >= 0.6 is 11.6 Å². The third kappa shape index (κ3) is 4.40. The van der Waals surface area contributed by atoms with E-state index in [0.717, 1.165) is 11.1 Å². The highest BCUT2D eigenvalue weighted by atomic mass is 35.5. The number of carbonyl (C=O) groups is 1. The largest absolute Gasteiger partial charge is 0.494 e. The Kier molecular flexibility index (Phi) is 6.33. The highest BCUT2D eigenvalue weighted by Crippen LogP contribution is 2.34. The monoisotopic (exact) mass is 463 g/mol. The van der Waals surface area contributed by atoms with Gasteiger partial charge in [-0.2, -0.15) is 0 Å². The standard InChI is InChI=1S/C25H22ClN3O4/c1-15-7-4-5-8-17(15)24-27-19-12-11-16(26)13-18(19)25(31)29(24)14-22(30)28-23-20(32-2)9-6-10-21(23)33-3/h4-13H,14H2,1-3H3,(H,28,30). The maximum atomic E-state index is 13.5. The molecule has 168 valence electrons. The van der Waals surface area contributed by atoms with Crippen LogP contribution in [0.2, 0.25) is 5.02 Å². The molecule has 0 fully saturated rings. The lowest BCUT2D eigenvalue weighted by Gasteiger charge is -2.17. The molecule has 4 aromatic rings. The van der Waals surface area contributed by atoms with Crippen LogP contribution in [-0.2, 0) is 11.3 Å². The Bertz CT molecular complexity index is 1390. The van der Waals surface area contributed by atoms with Crippen molar-refractivity contribution in [2.75, 3.05) is 19.5 Å². The number of amides is 1. The van der Waals surface area contributed by atoms with Gasteiger partial charge in [-0.25, -0.2) is 4.98 Å². The Morgan fingerprint density at radius 1 is 1.03 bits per heavy atom. The number of para-hydroxylation sites is 1. The first-order valence-electron chi connectivity index (χ1n) is 10.2. The molecule has 0 unspecified atom stereocenters. The van der Waals surface area contributed by atoms with E-state index >= 15 is 0 Å². The number of hydrogen-bond donors (Lipinski definition) is 1. The number of nitrogens with one attached hydrogen (secondary N) is 1. The number of aromatic nitrogens is 2. The number of anilines is 1. The molecule has 0 aliphatic heterocycles. The zero-order chi connectivity index (χ0) is 23.5. The fraction of sp³-hybridized carbons (Fsp3) is 0.160. The van der Waals surface area contributed by atoms with Gasteiger partial charge in [-0.05, 0) is 42.8 Å². The number of carbonyl (C=O) groups excluding carboxylic acids is 1. The van der Waals surface area contributed by atoms with Crippen LogP contribution in [0.15, 0.2) is 65.5 Å². The van der Waals surface area contributed by atoms with Crippen LogP contribution in [-0.4, -0.2) is 29.7 Å². The molecule has 0 radical (unpaired) electrons. The molecule has 1 aromatic heterocycles. The molecule has 0 bridgehead atoms. The van der Waals surface area contributed by atoms with Gasteiger partial charge in [-0.15, -0.1) is 0 Å². The topological polar surface area (TPSA) is 82.4 Å². The highest BCUT2D eigenvalue weighted by Gasteiger charge is 2.19. The molecule has 1 heterocycles. The number of benzene rings is 3. The second-order valence-corrected chi connectivity index (χ2v) is 7.83. The second-order valence-electron chi connectivity index (χ2n) is 7.39. The van der Waals surface area contributed by atoms with Gasteiger partial charge in [0, 0.05) is 10.6 Å². The van der Waals surface area contributed by atoms with E-state index in [2.05, 4.69) is 5.32 Å². The number of halogens is 1. The van der Waals surface area contributed by atoms with Crippen molar-refractivity contribution in [2.24, 2.45) is 0 Å². The average molecular weight is 464 g/mol. The number of fused-ring (bicyclic) bond motifs is 1. The van der Waals surface area contributed by atoms with Crippen molar-refractivity contribution in [3.63, 3.8) is 0 Å². The van der Waals surface area contributed by atoms with Crippen molar-refractivity contribution in [2.45, 2.75) is 13.5 Å². The normalized spacial score (nSPS) is 10.8. The molecule has 1 amide bonds. The summed E-state index contributed by atoms with van der Waals surface area (Å²) in [6.07, 6.45) is 0. The van der Waals surface area contributed by atoms with E-state index in [1.165, 1.54) is 18.8 Å². The summed E-state index contributed by atoms with van der Waals surface area (Å²) < 4.78 is 12.1. The van der Waals surface area contributed by atoms with Crippen molar-refractivity contribution in [3.8, 4) is 22.9 Å². The summed E-state index contributed by atoms with van der Waals surface area (Å²) in [5, 5.41) is 3.56. The molecule has 4 rings (SSSR count). The van der Waals surface area contributed by atoms with E-state index in [9.17, 15) is 9.59 Å². The van der Waals surface area contributed by atoms with E-state index < -0.39 is 5.91 Å². The van der Waals surface area contributed by atoms with Gasteiger partial charge < -0.3 is 14.8 Å². The smallest absolute Gasteiger partial charge is 0.262 e. The molecule has 0 saturated heterocycles. The minimum absolute atomic E-state index is 0.265. The van der Waals surface area contributed by atoms with Crippen LogP contribution in [0.25, 0.3) is 22.3 Å². The fourth-order valence-corrected chi connectivity index (χ4v) is 3.84. The van der Waals surface area contributed by atoms with E-state index in [0.29, 0.717) is 38.9 Å². The van der Waals surface area contributed by atoms with Gasteiger partial charge in [0.25, 0.3) is 5.56 Å². The zero-order valence-electron chi connectivity index (χ0n) is 18.4. The summed E-state index contributed by atoms with van der Waals surface area (Å²) in [4.78, 5) is 31.3. The maximum Gasteiger partial charge on any atom is 0.262 e. The van der Waals surface area contributed by atoms with Crippen molar-refractivity contribution >= 4 is 34.1 Å². The fourth-order valence-electron chi connectivity index (χ4n) is 3.67. The van der Waals surface area contributed by atoms with Crippen LogP contribution in [0.1, 0.15) is 5.56 Å². The first-order valence-corrected chi connectivity index (χ1v) is 10.6. The van der Waals surface area contributed by atoms with Crippen molar-refractivity contribution in [1.29, 1.82) is 0 Å². The lowest BCUT2D eigenvalue weighted by molar-refractivity contribution is -0.116. The summed E-state index contributed by atoms with van der Waals surface area (Å²) in [6.45, 7) is 1.66. The summed E-state index contributed by atoms with van der Waals surface area (Å²) in [7, 11) is 3.00. The number of ether oxygens (including phenoxy) is 2. The van der Waals surface area contributed by atoms with Crippen molar-refractivity contribution in [3.05, 3.63) is 81.6 Å². The van der Waals surface area contributed by atoms with Gasteiger partial charge in [0.15, 0.2) is 0 Å². The first kappa shape index (κ1) is 22.4. The molecule has 0 aliphatic carbocycles. The van der Waals surface area contributed by atoms with Crippen molar-refractivity contribution < 1.29 is 14.3 Å². The number of hydrogen-bond acceptors (Lipinski definition) is 5. The van der Waals surface area contributed by atoms with Crippen LogP contribution in [0, 0.1) is 6.92 Å². The Hall–Kier alpha value is -3.84. The summed E-state index contributed by atoms with van der Waals surface area (Å²) in [5.41, 5.74) is 2.22. The number of rotatable bonds is 6. The minimum atomic E-state index is -0.432. The third-order valence-corrected chi connectivity index (χ3v) is 5.53. The van der Waals surface area contributed by atoms with Gasteiger partial charge in [-0.1, -0.05) is 41.9 Å². The van der Waals surface area contributed by atoms with Gasteiger partial charge in [0.1, 0.15) is 29.6 Å². The Morgan fingerprint density at radius 2 is 1.73 bits per heavy atom. The van der Waals surface area contributed by atoms with Crippen LogP contribution in [0.5, 0.6) is 11.5 Å². The zero-order valence-corrected chi connectivity index (χ0v) is 19.1. The van der Waals surface area contributed by atoms with Crippen molar-refractivity contribution in [1.82, 2.24) is 9.55 Å². The number of nitrogens with zero attached hydrogens (tertiary/aromatic N) is 2. The molecule has 0 atom stereocenters. The number of aryl methyl sites for hydroxylation is 1. The van der Waals surface area contributed by atoms with E-state index in [1.54, 1.807) is 36.4 Å². The van der Waals surface area contributed by atoms with E-state index in [1.807, 2.05) is 31.2 Å². The third-order valence-electron chi connectivity index (χ3n) is 5.30. The van der Waals surface area contributed by atoms with Gasteiger partial charge >= 0.3 is 0 Å². The Balaban J connectivity index is 1.83. The summed E-state index contributed by atoms with van der Waals surface area (Å²) in [5.74, 6) is 0.850. The lowest BCUT2D eigenvalue weighted by Crippen LogP contribution is -2.30. The van der Waals surface area contributed by atoms with Crippen LogP contribution in [0.3, 0.4) is 0 Å². The molecule has 33 heavy (non-hydrogen) atoms. The van der Waals surface area contributed by atoms with E-state index in [-0.39, 0.29) is 12.1 Å². The van der Waals surface area contributed by atoms with E-state index in [4.69, 9.17) is 26.1 Å². The summed E-state index contributed by atoms with van der Waals surface area (Å²) in [6, 6.07) is 17.7. The van der Waals surface area contributed by atoms with Gasteiger partial charge in [-0.3, -0.25) is 14.2 Å². The second kappa shape index (κ2) is 9.34. The first-order chi connectivity index (χ1) is 15.9. The predicted octanol–water partition coefficient (Wildman–Crippen LogP) is 4.68. The lowest BCUT2D eigenvalue weighted by atomic mass is 10.1. The Labute approximate surface area is 195 Å². The van der Waals surface area contributed by atoms with Crippen LogP contribution in [0.4, 0.5) is 5.69 Å². The van der Waals surface area contributed by atoms with Crippen LogP contribution < -0.4 is 20.3 Å². The number of methoxy groups -OCH3 is 2. The molecule has 0 spiro atoms. The maximum absolute atomic E-state index is 13.5. The molecule has 0 saturated carbocycles. The van der Waals surface area contributed by atoms with Gasteiger partial charge in [0.05, 0.1) is 25.1 Å².